The van der Waals surface area contributed by atoms with Crippen molar-refractivity contribution in [1.29, 1.82) is 0 Å². The Morgan fingerprint density at radius 2 is 1.59 bits per heavy atom. The Hall–Kier alpha value is -4.61. The van der Waals surface area contributed by atoms with E-state index in [9.17, 15) is 25.0 Å². The Kier molecular flexibility index (Phi) is 7.56. The van der Waals surface area contributed by atoms with Crippen molar-refractivity contribution in [2.75, 3.05) is 5.32 Å². The Labute approximate surface area is 218 Å². The molecule has 0 bridgehead atoms. The molecule has 11 nitrogen and oxygen atoms in total. The molecule has 0 spiro atoms. The molecule has 0 radical (unpaired) electrons. The predicted molar refractivity (Wildman–Crippen MR) is 134 cm³/mol. The first-order valence-corrected chi connectivity index (χ1v) is 11.1. The van der Waals surface area contributed by atoms with Crippen molar-refractivity contribution in [2.24, 2.45) is 0 Å². The maximum absolute atomic E-state index is 12.7. The number of anilines is 1. The number of hydrogen-bond donors (Lipinski definition) is 1. The van der Waals surface area contributed by atoms with E-state index in [0.29, 0.717) is 10.8 Å². The van der Waals surface area contributed by atoms with Crippen LogP contribution in [0.1, 0.15) is 16.3 Å². The van der Waals surface area contributed by atoms with Gasteiger partial charge < -0.3 is 19.2 Å². The number of nitrogens with one attached hydrogen (secondary N) is 1. The molecule has 0 aliphatic heterocycles. The standard InChI is InChI=1S/C24H15Cl2N3O8/c25-14-1-4-18(5-2-14)36-20-10-15(9-17(11-20)29(33)34)27-24(30)23-8-6-19(37-23)13-35-22-7-3-16(28(31)32)12-21(22)26/h1-12H,13H2,(H,27,30). The van der Waals surface area contributed by atoms with E-state index >= 15 is 0 Å². The molecule has 3 aromatic carbocycles. The van der Waals surface area contributed by atoms with Crippen molar-refractivity contribution in [3.05, 3.63) is 115 Å². The number of halogens is 2. The smallest absolute Gasteiger partial charge is 0.291 e. The number of rotatable bonds is 9. The minimum atomic E-state index is -0.669. The van der Waals surface area contributed by atoms with Crippen molar-refractivity contribution < 1.29 is 28.5 Å². The van der Waals surface area contributed by atoms with E-state index in [1.807, 2.05) is 0 Å². The third-order valence-corrected chi connectivity index (χ3v) is 5.34. The van der Waals surface area contributed by atoms with E-state index in [1.165, 1.54) is 42.5 Å². The topological polar surface area (TPSA) is 147 Å². The second-order valence-corrected chi connectivity index (χ2v) is 8.25. The molecule has 0 saturated heterocycles. The van der Waals surface area contributed by atoms with Gasteiger partial charge in [0.2, 0.25) is 0 Å². The van der Waals surface area contributed by atoms with E-state index in [1.54, 1.807) is 24.3 Å². The lowest BCUT2D eigenvalue weighted by Gasteiger charge is -2.09. The zero-order chi connectivity index (χ0) is 26.5. The van der Waals surface area contributed by atoms with E-state index in [4.69, 9.17) is 37.1 Å². The number of nitrogens with zero attached hydrogens (tertiary/aromatic N) is 2. The second kappa shape index (κ2) is 11.0. The lowest BCUT2D eigenvalue weighted by atomic mass is 10.2. The van der Waals surface area contributed by atoms with Gasteiger partial charge in [0.25, 0.3) is 17.3 Å². The lowest BCUT2D eigenvalue weighted by Crippen LogP contribution is -2.11. The van der Waals surface area contributed by atoms with Gasteiger partial charge in [-0.2, -0.15) is 0 Å². The molecule has 1 amide bonds. The van der Waals surface area contributed by atoms with Gasteiger partial charge in [-0.05, 0) is 42.5 Å². The summed E-state index contributed by atoms with van der Waals surface area (Å²) in [5, 5.41) is 25.3. The molecule has 1 aromatic heterocycles. The molecule has 1 N–H and O–H groups in total. The molecule has 4 aromatic rings. The predicted octanol–water partition coefficient (Wildman–Crippen LogP) is 7.03. The van der Waals surface area contributed by atoms with Gasteiger partial charge in [-0.3, -0.25) is 25.0 Å². The van der Waals surface area contributed by atoms with E-state index in [0.717, 1.165) is 6.07 Å². The third kappa shape index (κ3) is 6.54. The largest absolute Gasteiger partial charge is 0.484 e. The summed E-state index contributed by atoms with van der Waals surface area (Å²) in [4.78, 5) is 33.7. The maximum Gasteiger partial charge on any atom is 0.291 e. The molecular formula is C24H15Cl2N3O8. The maximum atomic E-state index is 12.7. The number of benzene rings is 3. The van der Waals surface area contributed by atoms with Crippen LogP contribution < -0.4 is 14.8 Å². The highest BCUT2D eigenvalue weighted by Crippen LogP contribution is 2.31. The highest BCUT2D eigenvalue weighted by Gasteiger charge is 2.17. The number of nitro benzene ring substituents is 2. The van der Waals surface area contributed by atoms with Crippen LogP contribution in [0.2, 0.25) is 10.0 Å². The molecule has 0 fully saturated rings. The molecule has 0 aliphatic carbocycles. The van der Waals surface area contributed by atoms with Crippen LogP contribution in [0.15, 0.2) is 77.2 Å². The molecular weight excluding hydrogens is 529 g/mol. The van der Waals surface area contributed by atoms with Crippen LogP contribution >= 0.6 is 23.2 Å². The van der Waals surface area contributed by atoms with Crippen LogP contribution in [0.25, 0.3) is 0 Å². The fraction of sp³-hybridized carbons (Fsp3) is 0.0417. The summed E-state index contributed by atoms with van der Waals surface area (Å²) < 4.78 is 16.7. The molecule has 37 heavy (non-hydrogen) atoms. The first-order chi connectivity index (χ1) is 17.7. The highest BCUT2D eigenvalue weighted by atomic mass is 35.5. The van der Waals surface area contributed by atoms with Crippen LogP contribution in [0.4, 0.5) is 17.1 Å². The molecule has 0 saturated carbocycles. The van der Waals surface area contributed by atoms with Crippen LogP contribution in [0.3, 0.4) is 0 Å². The average molecular weight is 544 g/mol. The highest BCUT2D eigenvalue weighted by molar-refractivity contribution is 6.32. The van der Waals surface area contributed by atoms with Crippen molar-refractivity contribution >= 4 is 46.2 Å². The second-order valence-electron chi connectivity index (χ2n) is 7.41. The van der Waals surface area contributed by atoms with E-state index < -0.39 is 15.8 Å². The molecule has 0 atom stereocenters. The number of amides is 1. The van der Waals surface area contributed by atoms with Gasteiger partial charge in [0.05, 0.1) is 26.6 Å². The molecule has 188 valence electrons. The number of hydrogen-bond acceptors (Lipinski definition) is 8. The zero-order valence-electron chi connectivity index (χ0n) is 18.6. The third-order valence-electron chi connectivity index (χ3n) is 4.79. The van der Waals surface area contributed by atoms with Gasteiger partial charge in [0.15, 0.2) is 5.76 Å². The summed E-state index contributed by atoms with van der Waals surface area (Å²) in [6.45, 7) is -0.110. The minimum absolute atomic E-state index is 0.0426. The summed E-state index contributed by atoms with van der Waals surface area (Å²) in [6, 6.07) is 16.8. The van der Waals surface area contributed by atoms with Gasteiger partial charge >= 0.3 is 0 Å². The van der Waals surface area contributed by atoms with Crippen LogP contribution in [0.5, 0.6) is 17.2 Å². The molecule has 13 heteroatoms. The zero-order valence-corrected chi connectivity index (χ0v) is 20.1. The summed E-state index contributed by atoms with van der Waals surface area (Å²) in [6.07, 6.45) is 0. The van der Waals surface area contributed by atoms with Crippen molar-refractivity contribution in [1.82, 2.24) is 0 Å². The van der Waals surface area contributed by atoms with Gasteiger partial charge in [-0.25, -0.2) is 0 Å². The van der Waals surface area contributed by atoms with Crippen LogP contribution in [-0.2, 0) is 6.61 Å². The summed E-state index contributed by atoms with van der Waals surface area (Å²) >= 11 is 11.9. The van der Waals surface area contributed by atoms with Gasteiger partial charge in [0, 0.05) is 29.3 Å². The number of ether oxygens (including phenoxy) is 2. The van der Waals surface area contributed by atoms with Gasteiger partial charge in [0.1, 0.15) is 29.6 Å². The van der Waals surface area contributed by atoms with Crippen molar-refractivity contribution in [2.45, 2.75) is 6.61 Å². The Morgan fingerprint density at radius 3 is 2.27 bits per heavy atom. The normalized spacial score (nSPS) is 10.5. The molecule has 0 unspecified atom stereocenters. The monoisotopic (exact) mass is 543 g/mol. The van der Waals surface area contributed by atoms with Crippen molar-refractivity contribution in [3.8, 4) is 17.2 Å². The summed E-state index contributed by atoms with van der Waals surface area (Å²) in [5.74, 6) is 0.230. The lowest BCUT2D eigenvalue weighted by molar-refractivity contribution is -0.385. The van der Waals surface area contributed by atoms with Crippen molar-refractivity contribution in [3.63, 3.8) is 0 Å². The Balaban J connectivity index is 1.44. The van der Waals surface area contributed by atoms with Gasteiger partial charge in [-0.15, -0.1) is 0 Å². The van der Waals surface area contributed by atoms with E-state index in [2.05, 4.69) is 5.32 Å². The molecule has 0 aliphatic rings. The number of carbonyl (C=O) groups excluding carboxylic acids is 1. The van der Waals surface area contributed by atoms with Crippen LogP contribution in [-0.4, -0.2) is 15.8 Å². The fourth-order valence-corrected chi connectivity index (χ4v) is 3.45. The van der Waals surface area contributed by atoms with E-state index in [-0.39, 0.29) is 51.7 Å². The Morgan fingerprint density at radius 1 is 0.865 bits per heavy atom. The van der Waals surface area contributed by atoms with Gasteiger partial charge in [-0.1, -0.05) is 23.2 Å². The van der Waals surface area contributed by atoms with Crippen LogP contribution in [0, 0.1) is 20.2 Å². The molecule has 1 heterocycles. The first kappa shape index (κ1) is 25.5. The average Bonchev–Trinajstić information content (AvgIpc) is 3.34. The minimum Gasteiger partial charge on any atom is -0.484 e. The fourth-order valence-electron chi connectivity index (χ4n) is 3.10. The number of furan rings is 1. The quantitative estimate of drug-likeness (QED) is 0.175. The summed E-state index contributed by atoms with van der Waals surface area (Å²) in [5.41, 5.74) is -0.373. The molecule has 4 rings (SSSR count). The summed E-state index contributed by atoms with van der Waals surface area (Å²) in [7, 11) is 0. The first-order valence-electron chi connectivity index (χ1n) is 10.4. The Bertz CT molecular complexity index is 1490. The number of nitro groups is 2. The SMILES string of the molecule is O=C(Nc1cc(Oc2ccc(Cl)cc2)cc([N+](=O)[O-])c1)c1ccc(COc2ccc([N+](=O)[O-])cc2Cl)o1. The number of non-ortho nitro benzene ring substituents is 2. The number of carbonyl (C=O) groups is 1.